The zero-order valence-electron chi connectivity index (χ0n) is 13.5. The van der Waals surface area contributed by atoms with Crippen LogP contribution in [-0.4, -0.2) is 26.3 Å². The van der Waals surface area contributed by atoms with E-state index in [9.17, 15) is 18.0 Å². The lowest BCUT2D eigenvalue weighted by atomic mass is 10.1. The molecule has 1 aliphatic heterocycles. The normalized spacial score (nSPS) is 15.4. The smallest absolute Gasteiger partial charge is 0.273 e. The van der Waals surface area contributed by atoms with Gasteiger partial charge in [0.1, 0.15) is 4.90 Å². The second-order valence-electron chi connectivity index (χ2n) is 5.89. The Morgan fingerprint density at radius 2 is 1.76 bits per heavy atom. The van der Waals surface area contributed by atoms with Crippen LogP contribution < -0.4 is 9.62 Å². The van der Waals surface area contributed by atoms with Crippen LogP contribution in [0.1, 0.15) is 34.6 Å². The fourth-order valence-corrected chi connectivity index (χ4v) is 4.43. The third-order valence-corrected chi connectivity index (χ3v) is 5.94. The van der Waals surface area contributed by atoms with E-state index in [0.29, 0.717) is 0 Å². The molecule has 0 bridgehead atoms. The summed E-state index contributed by atoms with van der Waals surface area (Å²) in [5.74, 6) is -1.02. The monoisotopic (exact) mass is 422 g/mol. The molecule has 2 amide bonds. The number of nitrogens with one attached hydrogen (secondary N) is 1. The molecule has 0 fully saturated rings. The van der Waals surface area contributed by atoms with Crippen LogP contribution in [-0.2, 0) is 10.0 Å². The predicted octanol–water partition coefficient (Wildman–Crippen LogP) is 2.94. The van der Waals surface area contributed by atoms with Crippen molar-refractivity contribution in [2.45, 2.75) is 24.8 Å². The molecule has 1 N–H and O–H groups in total. The SMILES string of the molecule is CC(C)NC(=O)c1ccc2c(c1)S(=O)(=O)N(c1ccc(Br)cc1)C2=O. The van der Waals surface area contributed by atoms with E-state index in [1.165, 1.54) is 30.3 Å². The summed E-state index contributed by atoms with van der Waals surface area (Å²) >= 11 is 3.27. The van der Waals surface area contributed by atoms with E-state index < -0.39 is 15.9 Å². The van der Waals surface area contributed by atoms with Crippen molar-refractivity contribution < 1.29 is 18.0 Å². The van der Waals surface area contributed by atoms with Crippen LogP contribution in [0, 0.1) is 0 Å². The highest BCUT2D eigenvalue weighted by Crippen LogP contribution is 2.35. The number of hydrogen-bond acceptors (Lipinski definition) is 4. The minimum Gasteiger partial charge on any atom is -0.350 e. The molecule has 2 aromatic carbocycles. The average molecular weight is 423 g/mol. The van der Waals surface area contributed by atoms with Gasteiger partial charge in [-0.3, -0.25) is 9.59 Å². The molecule has 8 heteroatoms. The number of halogens is 1. The maximum Gasteiger partial charge on any atom is 0.273 e. The van der Waals surface area contributed by atoms with Crippen LogP contribution >= 0.6 is 15.9 Å². The molecule has 3 rings (SSSR count). The highest BCUT2D eigenvalue weighted by Gasteiger charge is 2.42. The summed E-state index contributed by atoms with van der Waals surface area (Å²) in [4.78, 5) is 24.6. The van der Waals surface area contributed by atoms with Crippen molar-refractivity contribution in [3.63, 3.8) is 0 Å². The first kappa shape index (κ1) is 17.6. The van der Waals surface area contributed by atoms with Gasteiger partial charge in [-0.1, -0.05) is 15.9 Å². The molecule has 0 atom stereocenters. The summed E-state index contributed by atoms with van der Waals surface area (Å²) < 4.78 is 27.2. The highest BCUT2D eigenvalue weighted by molar-refractivity contribution is 9.10. The zero-order chi connectivity index (χ0) is 18.4. The molecule has 0 radical (unpaired) electrons. The molecule has 25 heavy (non-hydrogen) atoms. The van der Waals surface area contributed by atoms with Gasteiger partial charge in [-0.15, -0.1) is 0 Å². The van der Waals surface area contributed by atoms with Crippen molar-refractivity contribution in [2.24, 2.45) is 0 Å². The predicted molar refractivity (Wildman–Crippen MR) is 97.2 cm³/mol. The zero-order valence-corrected chi connectivity index (χ0v) is 15.9. The van der Waals surface area contributed by atoms with Gasteiger partial charge in [-0.25, -0.2) is 8.42 Å². The van der Waals surface area contributed by atoms with Crippen molar-refractivity contribution in [3.8, 4) is 0 Å². The van der Waals surface area contributed by atoms with Gasteiger partial charge in [0, 0.05) is 16.1 Å². The van der Waals surface area contributed by atoms with Gasteiger partial charge >= 0.3 is 0 Å². The first-order valence-electron chi connectivity index (χ1n) is 7.52. The van der Waals surface area contributed by atoms with Crippen LogP contribution in [0.25, 0.3) is 0 Å². The Kier molecular flexibility index (Phi) is 4.42. The summed E-state index contributed by atoms with van der Waals surface area (Å²) in [6, 6.07) is 10.4. The minimum absolute atomic E-state index is 0.0593. The van der Waals surface area contributed by atoms with Crippen molar-refractivity contribution in [2.75, 3.05) is 4.31 Å². The van der Waals surface area contributed by atoms with Crippen LogP contribution in [0.5, 0.6) is 0 Å². The molecular weight excluding hydrogens is 408 g/mol. The van der Waals surface area contributed by atoms with Gasteiger partial charge in [0.2, 0.25) is 0 Å². The Hall–Kier alpha value is -2.19. The number of benzene rings is 2. The number of anilines is 1. The number of rotatable bonds is 3. The molecular formula is C17H15BrN2O4S. The van der Waals surface area contributed by atoms with E-state index in [1.54, 1.807) is 26.0 Å². The second-order valence-corrected chi connectivity index (χ2v) is 8.56. The van der Waals surface area contributed by atoms with E-state index in [4.69, 9.17) is 0 Å². The topological polar surface area (TPSA) is 83.6 Å². The van der Waals surface area contributed by atoms with E-state index in [1.807, 2.05) is 0 Å². The van der Waals surface area contributed by atoms with Crippen molar-refractivity contribution in [1.29, 1.82) is 0 Å². The Labute approximate surface area is 154 Å². The first-order chi connectivity index (χ1) is 11.7. The number of carbonyl (C=O) groups is 2. The van der Waals surface area contributed by atoms with Gasteiger partial charge in [0.05, 0.1) is 11.3 Å². The molecule has 1 heterocycles. The Morgan fingerprint density at radius 1 is 1.12 bits per heavy atom. The lowest BCUT2D eigenvalue weighted by Crippen LogP contribution is -2.30. The first-order valence-corrected chi connectivity index (χ1v) is 9.75. The van der Waals surface area contributed by atoms with Crippen LogP contribution in [0.2, 0.25) is 0 Å². The lowest BCUT2D eigenvalue weighted by Gasteiger charge is -2.15. The van der Waals surface area contributed by atoms with Gasteiger partial charge in [-0.05, 0) is 56.3 Å². The Balaban J connectivity index is 2.07. The number of sulfonamides is 1. The van der Waals surface area contributed by atoms with Gasteiger partial charge in [-0.2, -0.15) is 4.31 Å². The maximum atomic E-state index is 12.8. The average Bonchev–Trinajstić information content (AvgIpc) is 2.74. The van der Waals surface area contributed by atoms with Crippen LogP contribution in [0.3, 0.4) is 0 Å². The summed E-state index contributed by atoms with van der Waals surface area (Å²) in [5, 5.41) is 2.70. The summed E-state index contributed by atoms with van der Waals surface area (Å²) in [5.41, 5.74) is 0.503. The van der Waals surface area contributed by atoms with Crippen LogP contribution in [0.15, 0.2) is 51.8 Å². The highest BCUT2D eigenvalue weighted by atomic mass is 79.9. The summed E-state index contributed by atoms with van der Waals surface area (Å²) in [6.45, 7) is 3.61. The fraction of sp³-hybridized carbons (Fsp3) is 0.176. The quantitative estimate of drug-likeness (QED) is 0.823. The van der Waals surface area contributed by atoms with Gasteiger partial charge < -0.3 is 5.32 Å². The van der Waals surface area contributed by atoms with E-state index in [0.717, 1.165) is 8.78 Å². The number of amides is 2. The fourth-order valence-electron chi connectivity index (χ4n) is 2.55. The summed E-state index contributed by atoms with van der Waals surface area (Å²) in [6.07, 6.45) is 0. The number of nitrogens with zero attached hydrogens (tertiary/aromatic N) is 1. The largest absolute Gasteiger partial charge is 0.350 e. The molecule has 6 nitrogen and oxygen atoms in total. The second kappa shape index (κ2) is 6.27. The molecule has 2 aromatic rings. The number of carbonyl (C=O) groups excluding carboxylic acids is 2. The molecule has 130 valence electrons. The van der Waals surface area contributed by atoms with Gasteiger partial charge in [0.25, 0.3) is 21.8 Å². The molecule has 0 unspecified atom stereocenters. The molecule has 0 aliphatic carbocycles. The molecule has 0 saturated heterocycles. The maximum absolute atomic E-state index is 12.8. The van der Waals surface area contributed by atoms with E-state index in [2.05, 4.69) is 21.2 Å². The Bertz CT molecular complexity index is 969. The van der Waals surface area contributed by atoms with E-state index in [-0.39, 0.29) is 33.7 Å². The van der Waals surface area contributed by atoms with Crippen LogP contribution in [0.4, 0.5) is 5.69 Å². The van der Waals surface area contributed by atoms with Crippen molar-refractivity contribution in [3.05, 3.63) is 58.1 Å². The van der Waals surface area contributed by atoms with Gasteiger partial charge in [0.15, 0.2) is 0 Å². The number of hydrogen-bond donors (Lipinski definition) is 1. The van der Waals surface area contributed by atoms with Crippen molar-refractivity contribution >= 4 is 43.5 Å². The molecule has 0 aromatic heterocycles. The molecule has 0 spiro atoms. The standard InChI is InChI=1S/C17H15BrN2O4S/c1-10(2)19-16(21)11-3-8-14-15(9-11)25(23,24)20(17(14)22)13-6-4-12(18)5-7-13/h3-10H,1-2H3,(H,19,21). The third-order valence-electron chi connectivity index (χ3n) is 3.66. The summed E-state index contributed by atoms with van der Waals surface area (Å²) in [7, 11) is -4.06. The number of fused-ring (bicyclic) bond motifs is 1. The van der Waals surface area contributed by atoms with E-state index >= 15 is 0 Å². The lowest BCUT2D eigenvalue weighted by molar-refractivity contribution is 0.0940. The molecule has 1 aliphatic rings. The molecule has 0 saturated carbocycles. The minimum atomic E-state index is -4.06. The van der Waals surface area contributed by atoms with Crippen molar-refractivity contribution in [1.82, 2.24) is 5.32 Å². The third kappa shape index (κ3) is 3.07. The Morgan fingerprint density at radius 3 is 2.36 bits per heavy atom.